The Bertz CT molecular complexity index is 185. The smallest absolute Gasteiger partial charge is 0.237 e. The van der Waals surface area contributed by atoms with Crippen LogP contribution in [0.2, 0.25) is 0 Å². The van der Waals surface area contributed by atoms with Gasteiger partial charge in [-0.1, -0.05) is 34.1 Å². The topological polar surface area (TPSA) is 55.1 Å². The summed E-state index contributed by atoms with van der Waals surface area (Å²) < 4.78 is 0. The van der Waals surface area contributed by atoms with Gasteiger partial charge >= 0.3 is 0 Å². The zero-order chi connectivity index (χ0) is 11.9. The van der Waals surface area contributed by atoms with E-state index in [9.17, 15) is 4.79 Å². The van der Waals surface area contributed by atoms with Gasteiger partial charge in [0.2, 0.25) is 5.91 Å². The summed E-state index contributed by atoms with van der Waals surface area (Å²) in [6.07, 6.45) is 4.60. The molecule has 3 N–H and O–H groups in total. The van der Waals surface area contributed by atoms with E-state index in [0.29, 0.717) is 0 Å². The molecule has 0 aromatic rings. The summed E-state index contributed by atoms with van der Waals surface area (Å²) in [6, 6.07) is -0.348. The lowest BCUT2D eigenvalue weighted by molar-refractivity contribution is -0.124. The first-order valence-corrected chi connectivity index (χ1v) is 6.12. The molecule has 0 aliphatic heterocycles. The molecule has 1 amide bonds. The second-order valence-electron chi connectivity index (χ2n) is 4.23. The number of halogens is 1. The molecular formula is C12H27ClN2O. The van der Waals surface area contributed by atoms with Crippen molar-refractivity contribution in [3.8, 4) is 0 Å². The van der Waals surface area contributed by atoms with Gasteiger partial charge in [-0.15, -0.1) is 12.4 Å². The Kier molecular flexibility index (Phi) is 9.98. The largest absolute Gasteiger partial charge is 0.349 e. The molecule has 1 atom stereocenters. The third-order valence-corrected chi connectivity index (χ3v) is 3.36. The van der Waals surface area contributed by atoms with Gasteiger partial charge in [-0.2, -0.15) is 0 Å². The molecule has 0 aliphatic rings. The third-order valence-electron chi connectivity index (χ3n) is 3.36. The summed E-state index contributed by atoms with van der Waals surface area (Å²) in [6.45, 7) is 8.37. The Morgan fingerprint density at radius 3 is 1.94 bits per heavy atom. The Morgan fingerprint density at radius 1 is 1.19 bits per heavy atom. The van der Waals surface area contributed by atoms with Crippen LogP contribution in [0.15, 0.2) is 0 Å². The fraction of sp³-hybridized carbons (Fsp3) is 0.917. The normalized spacial score (nSPS) is 12.8. The number of nitrogens with two attached hydrogens (primary N) is 1. The van der Waals surface area contributed by atoms with E-state index in [1.54, 1.807) is 0 Å². The van der Waals surface area contributed by atoms with Gasteiger partial charge in [0.1, 0.15) is 0 Å². The van der Waals surface area contributed by atoms with Crippen molar-refractivity contribution in [1.29, 1.82) is 0 Å². The number of carbonyl (C=O) groups excluding carboxylic acids is 1. The highest BCUT2D eigenvalue weighted by Crippen LogP contribution is 2.19. The van der Waals surface area contributed by atoms with Crippen LogP contribution >= 0.6 is 12.4 Å². The molecule has 0 rings (SSSR count). The SMILES string of the molecule is CCCC(N)C(=O)NC(CC)(CC)CC.Cl. The summed E-state index contributed by atoms with van der Waals surface area (Å²) in [7, 11) is 0. The lowest BCUT2D eigenvalue weighted by Crippen LogP contribution is -2.52. The lowest BCUT2D eigenvalue weighted by atomic mass is 9.89. The van der Waals surface area contributed by atoms with Crippen molar-refractivity contribution in [2.24, 2.45) is 5.73 Å². The maximum absolute atomic E-state index is 11.8. The van der Waals surface area contributed by atoms with Crippen molar-refractivity contribution in [2.75, 3.05) is 0 Å². The van der Waals surface area contributed by atoms with Crippen molar-refractivity contribution in [1.82, 2.24) is 5.32 Å². The van der Waals surface area contributed by atoms with Gasteiger partial charge in [0.15, 0.2) is 0 Å². The van der Waals surface area contributed by atoms with Gasteiger partial charge in [0.05, 0.1) is 6.04 Å². The first-order chi connectivity index (χ1) is 7.05. The lowest BCUT2D eigenvalue weighted by Gasteiger charge is -2.32. The van der Waals surface area contributed by atoms with Crippen LogP contribution in [0.4, 0.5) is 0 Å². The van der Waals surface area contributed by atoms with Crippen LogP contribution in [-0.2, 0) is 4.79 Å². The fourth-order valence-corrected chi connectivity index (χ4v) is 1.81. The summed E-state index contributed by atoms with van der Waals surface area (Å²) in [5, 5.41) is 3.10. The van der Waals surface area contributed by atoms with E-state index in [1.165, 1.54) is 0 Å². The van der Waals surface area contributed by atoms with E-state index in [1.807, 2.05) is 6.92 Å². The third kappa shape index (κ3) is 5.17. The van der Waals surface area contributed by atoms with Crippen molar-refractivity contribution in [3.05, 3.63) is 0 Å². The van der Waals surface area contributed by atoms with Crippen molar-refractivity contribution < 1.29 is 4.79 Å². The Hall–Kier alpha value is -0.280. The molecule has 16 heavy (non-hydrogen) atoms. The standard InChI is InChI=1S/C12H26N2O.ClH/c1-5-9-10(13)11(15)14-12(6-2,7-3)8-4;/h10H,5-9,13H2,1-4H3,(H,14,15);1H. The number of hydrogen-bond acceptors (Lipinski definition) is 2. The van der Waals surface area contributed by atoms with Gasteiger partial charge in [-0.3, -0.25) is 4.79 Å². The van der Waals surface area contributed by atoms with Crippen molar-refractivity contribution in [2.45, 2.75) is 71.4 Å². The van der Waals surface area contributed by atoms with E-state index in [4.69, 9.17) is 5.73 Å². The molecule has 3 nitrogen and oxygen atoms in total. The minimum Gasteiger partial charge on any atom is -0.349 e. The van der Waals surface area contributed by atoms with Crippen LogP contribution in [0.3, 0.4) is 0 Å². The first-order valence-electron chi connectivity index (χ1n) is 6.12. The molecule has 0 fully saturated rings. The van der Waals surface area contributed by atoms with Crippen LogP contribution in [0.5, 0.6) is 0 Å². The zero-order valence-electron chi connectivity index (χ0n) is 11.0. The highest BCUT2D eigenvalue weighted by molar-refractivity contribution is 5.85. The van der Waals surface area contributed by atoms with E-state index >= 15 is 0 Å². The van der Waals surface area contributed by atoms with Crippen LogP contribution in [-0.4, -0.2) is 17.5 Å². The molecule has 98 valence electrons. The predicted molar refractivity (Wildman–Crippen MR) is 71.9 cm³/mol. The zero-order valence-corrected chi connectivity index (χ0v) is 11.8. The summed E-state index contributed by atoms with van der Waals surface area (Å²) in [5.41, 5.74) is 5.73. The Labute approximate surface area is 106 Å². The average Bonchev–Trinajstić information content (AvgIpc) is 2.26. The summed E-state index contributed by atoms with van der Waals surface area (Å²) >= 11 is 0. The van der Waals surface area contributed by atoms with Gasteiger partial charge in [-0.25, -0.2) is 0 Å². The monoisotopic (exact) mass is 250 g/mol. The van der Waals surface area contributed by atoms with Crippen LogP contribution < -0.4 is 11.1 Å². The molecule has 0 aromatic heterocycles. The van der Waals surface area contributed by atoms with Gasteiger partial charge in [0, 0.05) is 5.54 Å². The maximum atomic E-state index is 11.8. The van der Waals surface area contributed by atoms with E-state index in [-0.39, 0.29) is 29.9 Å². The van der Waals surface area contributed by atoms with Crippen LogP contribution in [0, 0.1) is 0 Å². The Balaban J connectivity index is 0. The van der Waals surface area contributed by atoms with E-state index < -0.39 is 0 Å². The number of carbonyl (C=O) groups is 1. The van der Waals surface area contributed by atoms with E-state index in [0.717, 1.165) is 32.1 Å². The fourth-order valence-electron chi connectivity index (χ4n) is 1.81. The Morgan fingerprint density at radius 2 is 1.62 bits per heavy atom. The average molecular weight is 251 g/mol. The quantitative estimate of drug-likeness (QED) is 0.730. The minimum atomic E-state index is -0.348. The molecule has 0 saturated heterocycles. The second kappa shape index (κ2) is 8.82. The summed E-state index contributed by atoms with van der Waals surface area (Å²) in [5.74, 6) is 0.00222. The number of hydrogen-bond donors (Lipinski definition) is 2. The minimum absolute atomic E-state index is 0. The van der Waals surface area contributed by atoms with Gasteiger partial charge in [0.25, 0.3) is 0 Å². The molecule has 0 saturated carbocycles. The van der Waals surface area contributed by atoms with Crippen molar-refractivity contribution in [3.63, 3.8) is 0 Å². The molecule has 0 aromatic carbocycles. The number of nitrogens with one attached hydrogen (secondary N) is 1. The first kappa shape index (κ1) is 18.1. The molecule has 0 aliphatic carbocycles. The number of rotatable bonds is 7. The predicted octanol–water partition coefficient (Wildman–Crippen LogP) is 2.62. The molecule has 0 bridgehead atoms. The van der Waals surface area contributed by atoms with Gasteiger partial charge in [-0.05, 0) is 25.7 Å². The molecule has 0 radical (unpaired) electrons. The molecule has 1 unspecified atom stereocenters. The molecule has 0 heterocycles. The highest BCUT2D eigenvalue weighted by atomic mass is 35.5. The van der Waals surface area contributed by atoms with E-state index in [2.05, 4.69) is 26.1 Å². The summed E-state index contributed by atoms with van der Waals surface area (Å²) in [4.78, 5) is 11.8. The second-order valence-corrected chi connectivity index (χ2v) is 4.23. The number of amides is 1. The molecule has 4 heteroatoms. The van der Waals surface area contributed by atoms with Crippen LogP contribution in [0.1, 0.15) is 59.8 Å². The van der Waals surface area contributed by atoms with Crippen LogP contribution in [0.25, 0.3) is 0 Å². The van der Waals surface area contributed by atoms with Crippen molar-refractivity contribution >= 4 is 18.3 Å². The molecular weight excluding hydrogens is 224 g/mol. The molecule has 0 spiro atoms. The van der Waals surface area contributed by atoms with Gasteiger partial charge < -0.3 is 11.1 Å². The highest BCUT2D eigenvalue weighted by Gasteiger charge is 2.27. The maximum Gasteiger partial charge on any atom is 0.237 e.